The molecule has 0 unspecified atom stereocenters. The summed E-state index contributed by atoms with van der Waals surface area (Å²) in [7, 11) is -21.2. The summed E-state index contributed by atoms with van der Waals surface area (Å²) >= 11 is 0. The minimum absolute atomic E-state index is 0. The van der Waals surface area contributed by atoms with Gasteiger partial charge in [-0.1, -0.05) is 0 Å². The number of phenolic OH excluding ortho intramolecular Hbond substituents is 2. The van der Waals surface area contributed by atoms with Crippen LogP contribution in [0, 0.1) is 0 Å². The molecule has 0 aliphatic heterocycles. The average Bonchev–Trinajstić information content (AvgIpc) is 3.11. The topological polar surface area (TPSA) is 306 Å². The Morgan fingerprint density at radius 2 is 0.629 bits per heavy atom. The molecule has 18 nitrogen and oxygen atoms in total. The van der Waals surface area contributed by atoms with E-state index in [4.69, 9.17) is 18.9 Å². The van der Waals surface area contributed by atoms with Gasteiger partial charge in [-0.3, -0.25) is 0 Å². The maximum atomic E-state index is 12.5. The standard InChI is InChI=1S/C36H40O18S4.4Na/c1-3-51-5-7-53-35-25-9-21-13-29(55(39,40)41)15-23(33(21)37)11-27-19-32(58(48,49)50)20-28(36(27)54-8-6-52-4-2)12-24-16-30(56(42,43)44)14-22(34(24)38)10-26(35)18-31(17-25)57(45,46)47;;;;/h13-20,37-38H,3-12H2,1-2H3,(H,39,40,41)(H,42,43,44)(H,45,46,47)(H,48,49,50);;;;/q;4*+1/p-4. The summed E-state index contributed by atoms with van der Waals surface area (Å²) < 4.78 is 173. The Kier molecular flexibility index (Phi) is 23.7. The molecule has 2 N–H and O–H groups in total. The van der Waals surface area contributed by atoms with Crippen molar-refractivity contribution in [3.05, 3.63) is 93.0 Å². The van der Waals surface area contributed by atoms with Gasteiger partial charge in [-0.15, -0.1) is 0 Å². The monoisotopic (exact) mass is 976 g/mol. The molecule has 4 aromatic carbocycles. The van der Waals surface area contributed by atoms with Crippen LogP contribution in [-0.4, -0.2) is 102 Å². The Hall–Kier alpha value is -0.360. The second-order valence-electron chi connectivity index (χ2n) is 12.9. The smallest absolute Gasteiger partial charge is 0.744 e. The van der Waals surface area contributed by atoms with E-state index in [1.165, 1.54) is 0 Å². The van der Waals surface area contributed by atoms with Gasteiger partial charge in [0, 0.05) is 61.2 Å². The van der Waals surface area contributed by atoms with Crippen LogP contribution < -0.4 is 128 Å². The molecule has 0 aromatic heterocycles. The maximum absolute atomic E-state index is 12.5. The van der Waals surface area contributed by atoms with E-state index >= 15 is 0 Å². The predicted octanol–water partition coefficient (Wildman–Crippen LogP) is -9.76. The summed E-state index contributed by atoms with van der Waals surface area (Å²) in [6, 6.07) is 6.73. The normalized spacial score (nSPS) is 12.7. The zero-order valence-electron chi connectivity index (χ0n) is 34.7. The quantitative estimate of drug-likeness (QED) is 0.0593. The van der Waals surface area contributed by atoms with Crippen molar-refractivity contribution in [2.45, 2.75) is 59.1 Å². The third-order valence-electron chi connectivity index (χ3n) is 8.95. The third kappa shape index (κ3) is 15.3. The molecule has 5 rings (SSSR count). The number of ether oxygens (including phenoxy) is 4. The second-order valence-corrected chi connectivity index (χ2v) is 18.5. The minimum atomic E-state index is -5.30. The van der Waals surface area contributed by atoms with Gasteiger partial charge < -0.3 is 47.4 Å². The number of hydrogen-bond donors (Lipinski definition) is 2. The van der Waals surface area contributed by atoms with Gasteiger partial charge in [0.2, 0.25) is 0 Å². The van der Waals surface area contributed by atoms with E-state index in [0.717, 1.165) is 48.5 Å². The molecular formula is C36H36Na4O18S4. The first-order chi connectivity index (χ1) is 27.0. The number of hydrogen-bond acceptors (Lipinski definition) is 18. The molecule has 0 heterocycles. The molecule has 26 heteroatoms. The van der Waals surface area contributed by atoms with Crippen molar-refractivity contribution < 1.29 is 199 Å². The predicted molar refractivity (Wildman–Crippen MR) is 196 cm³/mol. The Morgan fingerprint density at radius 3 is 0.823 bits per heavy atom. The molecule has 1 aliphatic carbocycles. The molecule has 8 bridgehead atoms. The van der Waals surface area contributed by atoms with Gasteiger partial charge in [-0.05, 0) is 84.6 Å². The molecule has 62 heavy (non-hydrogen) atoms. The molecular weight excluding hydrogens is 941 g/mol. The van der Waals surface area contributed by atoms with E-state index in [9.17, 15) is 62.1 Å². The number of phenols is 2. The molecule has 0 fully saturated rings. The summed E-state index contributed by atoms with van der Waals surface area (Å²) in [5.74, 6) is -1.68. The molecule has 1 aliphatic rings. The zero-order valence-corrected chi connectivity index (χ0v) is 46.0. The van der Waals surface area contributed by atoms with Gasteiger partial charge in [0.05, 0.1) is 32.8 Å². The molecule has 0 saturated heterocycles. The Morgan fingerprint density at radius 1 is 0.419 bits per heavy atom. The van der Waals surface area contributed by atoms with Gasteiger partial charge >= 0.3 is 118 Å². The molecule has 316 valence electrons. The Labute approximate surface area is 448 Å². The molecule has 0 amide bonds. The van der Waals surface area contributed by atoms with Gasteiger partial charge in [0.15, 0.2) is 0 Å². The van der Waals surface area contributed by atoms with Crippen molar-refractivity contribution in [1.82, 2.24) is 0 Å². The van der Waals surface area contributed by atoms with Crippen molar-refractivity contribution in [3.63, 3.8) is 0 Å². The van der Waals surface area contributed by atoms with Gasteiger partial charge in [0.1, 0.15) is 76.7 Å². The fraction of sp³-hybridized carbons (Fsp3) is 0.333. The van der Waals surface area contributed by atoms with Crippen LogP contribution in [0.4, 0.5) is 0 Å². The molecule has 0 spiro atoms. The van der Waals surface area contributed by atoms with Gasteiger partial charge in [0.25, 0.3) is 0 Å². The van der Waals surface area contributed by atoms with E-state index in [1.807, 2.05) is 0 Å². The van der Waals surface area contributed by atoms with Crippen LogP contribution in [0.5, 0.6) is 23.0 Å². The number of rotatable bonds is 14. The maximum Gasteiger partial charge on any atom is 1.00 e. The summed E-state index contributed by atoms with van der Waals surface area (Å²) in [6.07, 6.45) is -2.53. The van der Waals surface area contributed by atoms with E-state index in [1.54, 1.807) is 13.8 Å². The van der Waals surface area contributed by atoms with Crippen LogP contribution in [0.3, 0.4) is 0 Å². The van der Waals surface area contributed by atoms with E-state index in [0.29, 0.717) is 0 Å². The van der Waals surface area contributed by atoms with Crippen LogP contribution in [0.15, 0.2) is 68.1 Å². The van der Waals surface area contributed by atoms with Crippen LogP contribution in [0.2, 0.25) is 0 Å². The van der Waals surface area contributed by atoms with E-state index < -0.39 is 97.2 Å². The SMILES string of the molecule is CCOCCOc1c2cc(S(=O)(=O)[O-])cc1Cc1cc(S(=O)(=O)[O-])cc(c1O)Cc1cc(S(=O)(=O)[O-])cc(c1OCCOCC)Cc1cc(S(=O)(=O)[O-])cc(c1O)C2.[Na+].[Na+].[Na+].[Na+]. The van der Waals surface area contributed by atoms with Crippen molar-refractivity contribution >= 4 is 40.5 Å². The van der Waals surface area contributed by atoms with Gasteiger partial charge in [-0.2, -0.15) is 0 Å². The van der Waals surface area contributed by atoms with Crippen LogP contribution in [0.1, 0.15) is 58.4 Å². The van der Waals surface area contributed by atoms with Gasteiger partial charge in [-0.25, -0.2) is 33.7 Å². The van der Waals surface area contributed by atoms with E-state index in [2.05, 4.69) is 0 Å². The van der Waals surface area contributed by atoms with E-state index in [-0.39, 0.29) is 214 Å². The first-order valence-corrected chi connectivity index (χ1v) is 22.9. The van der Waals surface area contributed by atoms with Crippen molar-refractivity contribution in [2.24, 2.45) is 0 Å². The van der Waals surface area contributed by atoms with Crippen molar-refractivity contribution in [1.29, 1.82) is 0 Å². The fourth-order valence-corrected chi connectivity index (χ4v) is 8.72. The zero-order chi connectivity index (χ0) is 42.8. The Balaban J connectivity index is 0.00000480. The van der Waals surface area contributed by atoms with Crippen LogP contribution >= 0.6 is 0 Å². The molecule has 0 radical (unpaired) electrons. The first-order valence-electron chi connectivity index (χ1n) is 17.3. The minimum Gasteiger partial charge on any atom is -0.744 e. The first kappa shape index (κ1) is 59.7. The Bertz CT molecular complexity index is 2410. The van der Waals surface area contributed by atoms with Crippen LogP contribution in [0.25, 0.3) is 0 Å². The largest absolute Gasteiger partial charge is 1.00 e. The molecule has 0 atom stereocenters. The van der Waals surface area contributed by atoms with Crippen molar-refractivity contribution in [2.75, 3.05) is 39.6 Å². The number of fused-ring (bicyclic) bond motifs is 8. The fourth-order valence-electron chi connectivity index (χ4n) is 6.43. The summed E-state index contributed by atoms with van der Waals surface area (Å²) in [5, 5.41) is 23.4. The molecule has 0 saturated carbocycles. The average molecular weight is 977 g/mol. The second kappa shape index (κ2) is 24.6. The summed E-state index contributed by atoms with van der Waals surface area (Å²) in [6.45, 7) is 3.46. The third-order valence-corrected chi connectivity index (χ3v) is 12.2. The summed E-state index contributed by atoms with van der Waals surface area (Å²) in [5.41, 5.74) is -1.99. The van der Waals surface area contributed by atoms with Crippen LogP contribution in [-0.2, 0) is 75.6 Å². The number of benzene rings is 4. The number of aromatic hydroxyl groups is 2. The summed E-state index contributed by atoms with van der Waals surface area (Å²) in [4.78, 5) is -3.46. The molecule has 4 aromatic rings. The van der Waals surface area contributed by atoms with Crippen molar-refractivity contribution in [3.8, 4) is 23.0 Å².